The van der Waals surface area contributed by atoms with Gasteiger partial charge in [-0.1, -0.05) is 6.07 Å². The van der Waals surface area contributed by atoms with Crippen molar-refractivity contribution in [3.8, 4) is 12.1 Å². The van der Waals surface area contributed by atoms with Crippen LogP contribution in [0.3, 0.4) is 0 Å². The molecule has 0 bridgehead atoms. The number of nitriles is 2. The molecule has 1 aromatic heterocycles. The van der Waals surface area contributed by atoms with Crippen molar-refractivity contribution in [3.63, 3.8) is 0 Å². The maximum atomic E-state index is 14.5. The Kier molecular flexibility index (Phi) is 5.64. The Labute approximate surface area is 162 Å². The summed E-state index contributed by atoms with van der Waals surface area (Å²) in [5, 5.41) is 23.6. The minimum Gasteiger partial charge on any atom is -0.340 e. The zero-order valence-electron chi connectivity index (χ0n) is 15.1. The van der Waals surface area contributed by atoms with Crippen LogP contribution in [0.25, 0.3) is 6.08 Å². The number of rotatable bonds is 5. The van der Waals surface area contributed by atoms with E-state index in [9.17, 15) is 4.39 Å². The number of hydrogen-bond acceptors (Lipinski definition) is 5. The summed E-state index contributed by atoms with van der Waals surface area (Å²) in [4.78, 5) is 4.45. The standard InChI is InChI=1S/C22H16FN5/c1-15-12-17(4-3-11-24)13-19(23)22(15)28-21-6-2-5-20(27-21)26-18-9-7-16(14-25)8-10-18/h2-10,12-13H,1H3,(H2,26,27,28)/b4-3+. The fourth-order valence-corrected chi connectivity index (χ4v) is 2.64. The van der Waals surface area contributed by atoms with Crippen molar-refractivity contribution < 1.29 is 4.39 Å². The van der Waals surface area contributed by atoms with E-state index in [0.29, 0.717) is 34.0 Å². The van der Waals surface area contributed by atoms with Gasteiger partial charge >= 0.3 is 0 Å². The topological polar surface area (TPSA) is 84.5 Å². The van der Waals surface area contributed by atoms with E-state index in [1.807, 2.05) is 6.07 Å². The molecule has 3 rings (SSSR count). The molecule has 0 aliphatic heterocycles. The van der Waals surface area contributed by atoms with Crippen LogP contribution in [0.2, 0.25) is 0 Å². The minimum atomic E-state index is -0.426. The number of anilines is 4. The molecule has 28 heavy (non-hydrogen) atoms. The highest BCUT2D eigenvalue weighted by molar-refractivity contribution is 5.67. The van der Waals surface area contributed by atoms with Crippen LogP contribution in [0.1, 0.15) is 16.7 Å². The molecule has 2 N–H and O–H groups in total. The first-order valence-electron chi connectivity index (χ1n) is 8.46. The van der Waals surface area contributed by atoms with Crippen LogP contribution in [-0.2, 0) is 0 Å². The summed E-state index contributed by atoms with van der Waals surface area (Å²) in [6.45, 7) is 1.79. The second-order valence-corrected chi connectivity index (χ2v) is 6.00. The minimum absolute atomic E-state index is 0.331. The highest BCUT2D eigenvalue weighted by Crippen LogP contribution is 2.26. The van der Waals surface area contributed by atoms with E-state index in [2.05, 4.69) is 21.7 Å². The van der Waals surface area contributed by atoms with E-state index in [1.54, 1.807) is 61.5 Å². The van der Waals surface area contributed by atoms with Gasteiger partial charge in [-0.25, -0.2) is 9.37 Å². The van der Waals surface area contributed by atoms with Crippen molar-refractivity contribution in [3.05, 3.63) is 83.2 Å². The highest BCUT2D eigenvalue weighted by atomic mass is 19.1. The molecule has 136 valence electrons. The number of nitrogens with one attached hydrogen (secondary N) is 2. The zero-order valence-corrected chi connectivity index (χ0v) is 15.1. The molecule has 0 saturated heterocycles. The Balaban J connectivity index is 1.80. The lowest BCUT2D eigenvalue weighted by atomic mass is 10.1. The lowest BCUT2D eigenvalue weighted by Crippen LogP contribution is -2.01. The summed E-state index contributed by atoms with van der Waals surface area (Å²) < 4.78 is 14.5. The van der Waals surface area contributed by atoms with Crippen molar-refractivity contribution in [2.24, 2.45) is 0 Å². The summed E-state index contributed by atoms with van der Waals surface area (Å²) in [6.07, 6.45) is 2.86. The number of aryl methyl sites for hydroxylation is 1. The first-order valence-corrected chi connectivity index (χ1v) is 8.46. The maximum Gasteiger partial charge on any atom is 0.147 e. The Bertz CT molecular complexity index is 1080. The molecule has 0 aliphatic carbocycles. The van der Waals surface area contributed by atoms with E-state index >= 15 is 0 Å². The maximum absolute atomic E-state index is 14.5. The number of aromatic nitrogens is 1. The van der Waals surface area contributed by atoms with Crippen LogP contribution in [0.4, 0.5) is 27.4 Å². The molecule has 3 aromatic rings. The summed E-state index contributed by atoms with van der Waals surface area (Å²) in [5.74, 6) is 0.646. The number of pyridine rings is 1. The van der Waals surface area contributed by atoms with Gasteiger partial charge < -0.3 is 10.6 Å². The molecular weight excluding hydrogens is 353 g/mol. The van der Waals surface area contributed by atoms with Gasteiger partial charge in [0.1, 0.15) is 17.5 Å². The summed E-state index contributed by atoms with van der Waals surface area (Å²) in [6, 6.07) is 19.5. The molecule has 0 spiro atoms. The fraction of sp³-hybridized carbons (Fsp3) is 0.0455. The van der Waals surface area contributed by atoms with Crippen LogP contribution in [0, 0.1) is 35.4 Å². The molecule has 0 saturated carbocycles. The predicted octanol–water partition coefficient (Wildman–Crippen LogP) is 5.42. The smallest absolute Gasteiger partial charge is 0.147 e. The van der Waals surface area contributed by atoms with Gasteiger partial charge in [-0.2, -0.15) is 10.5 Å². The number of allylic oxidation sites excluding steroid dienone is 1. The van der Waals surface area contributed by atoms with Crippen molar-refractivity contribution in [2.75, 3.05) is 10.6 Å². The Morgan fingerprint density at radius 2 is 1.71 bits per heavy atom. The molecule has 0 amide bonds. The zero-order chi connectivity index (χ0) is 19.9. The average Bonchev–Trinajstić information content (AvgIpc) is 2.70. The van der Waals surface area contributed by atoms with Gasteiger partial charge in [0.15, 0.2) is 0 Å². The van der Waals surface area contributed by atoms with E-state index < -0.39 is 5.82 Å². The SMILES string of the molecule is Cc1cc(/C=C/C#N)cc(F)c1Nc1cccc(Nc2ccc(C#N)cc2)n1. The van der Waals surface area contributed by atoms with Crippen LogP contribution >= 0.6 is 0 Å². The van der Waals surface area contributed by atoms with Crippen LogP contribution in [-0.4, -0.2) is 4.98 Å². The van der Waals surface area contributed by atoms with Crippen molar-refractivity contribution in [1.29, 1.82) is 10.5 Å². The normalized spacial score (nSPS) is 10.3. The van der Waals surface area contributed by atoms with Crippen LogP contribution in [0.15, 0.2) is 60.7 Å². The average molecular weight is 369 g/mol. The third-order valence-electron chi connectivity index (χ3n) is 3.95. The molecule has 0 aliphatic rings. The van der Waals surface area contributed by atoms with Gasteiger partial charge in [-0.05, 0) is 72.7 Å². The summed E-state index contributed by atoms with van der Waals surface area (Å²) >= 11 is 0. The highest BCUT2D eigenvalue weighted by Gasteiger charge is 2.09. The molecule has 0 atom stereocenters. The largest absolute Gasteiger partial charge is 0.340 e. The van der Waals surface area contributed by atoms with Gasteiger partial charge in [-0.15, -0.1) is 0 Å². The van der Waals surface area contributed by atoms with E-state index in [1.165, 1.54) is 12.1 Å². The molecular formula is C22H16FN5. The number of halogens is 1. The molecule has 0 unspecified atom stereocenters. The first kappa shape index (κ1) is 18.6. The second-order valence-electron chi connectivity index (χ2n) is 6.00. The Morgan fingerprint density at radius 1 is 1.00 bits per heavy atom. The first-order chi connectivity index (χ1) is 13.6. The molecule has 2 aromatic carbocycles. The lowest BCUT2D eigenvalue weighted by Gasteiger charge is -2.13. The third kappa shape index (κ3) is 4.51. The van der Waals surface area contributed by atoms with Gasteiger partial charge in [0.2, 0.25) is 0 Å². The molecule has 6 heteroatoms. The Hall–Kier alpha value is -4.16. The monoisotopic (exact) mass is 369 g/mol. The van der Waals surface area contributed by atoms with Crippen LogP contribution in [0.5, 0.6) is 0 Å². The van der Waals surface area contributed by atoms with Crippen molar-refractivity contribution >= 4 is 29.1 Å². The van der Waals surface area contributed by atoms with Gasteiger partial charge in [0, 0.05) is 11.8 Å². The summed E-state index contributed by atoms with van der Waals surface area (Å²) in [5.41, 5.74) is 3.01. The fourth-order valence-electron chi connectivity index (χ4n) is 2.64. The molecule has 5 nitrogen and oxygen atoms in total. The number of nitrogens with zero attached hydrogens (tertiary/aromatic N) is 3. The van der Waals surface area contributed by atoms with Gasteiger partial charge in [0.25, 0.3) is 0 Å². The summed E-state index contributed by atoms with van der Waals surface area (Å²) in [7, 11) is 0. The predicted molar refractivity (Wildman–Crippen MR) is 108 cm³/mol. The Morgan fingerprint density at radius 3 is 2.36 bits per heavy atom. The van der Waals surface area contributed by atoms with E-state index in [0.717, 1.165) is 5.69 Å². The van der Waals surface area contributed by atoms with Crippen molar-refractivity contribution in [1.82, 2.24) is 4.98 Å². The quantitative estimate of drug-likeness (QED) is 0.586. The number of hydrogen-bond donors (Lipinski definition) is 2. The van der Waals surface area contributed by atoms with E-state index in [4.69, 9.17) is 10.5 Å². The van der Waals surface area contributed by atoms with Gasteiger partial charge in [-0.3, -0.25) is 0 Å². The molecule has 0 fully saturated rings. The lowest BCUT2D eigenvalue weighted by molar-refractivity contribution is 0.630. The van der Waals surface area contributed by atoms with Crippen LogP contribution < -0.4 is 10.6 Å². The molecule has 1 heterocycles. The second kappa shape index (κ2) is 8.48. The third-order valence-corrected chi connectivity index (χ3v) is 3.95. The van der Waals surface area contributed by atoms with E-state index in [-0.39, 0.29) is 0 Å². The number of benzene rings is 2. The van der Waals surface area contributed by atoms with Crippen molar-refractivity contribution in [2.45, 2.75) is 6.92 Å². The van der Waals surface area contributed by atoms with Gasteiger partial charge in [0.05, 0.1) is 23.4 Å². The molecule has 0 radical (unpaired) electrons.